The van der Waals surface area contributed by atoms with Crippen molar-refractivity contribution in [2.45, 2.75) is 45.2 Å². The van der Waals surface area contributed by atoms with Gasteiger partial charge in [0, 0.05) is 11.8 Å². The zero-order valence-electron chi connectivity index (χ0n) is 11.1. The minimum Gasteiger partial charge on any atom is -0.374 e. The van der Waals surface area contributed by atoms with Crippen LogP contribution in [0.2, 0.25) is 0 Å². The van der Waals surface area contributed by atoms with Gasteiger partial charge in [0.15, 0.2) is 0 Å². The van der Waals surface area contributed by atoms with Gasteiger partial charge in [-0.2, -0.15) is 30.7 Å². The average molecular weight is 312 g/mol. The molecule has 0 bridgehead atoms. The number of rotatable bonds is 7. The van der Waals surface area contributed by atoms with Crippen molar-refractivity contribution in [3.63, 3.8) is 0 Å². The fraction of sp³-hybridized carbons (Fsp3) is 0.909. The quantitative estimate of drug-likeness (QED) is 0.668. The molecule has 0 N–H and O–H groups in total. The summed E-state index contributed by atoms with van der Waals surface area (Å²) in [7, 11) is 0. The Morgan fingerprint density at radius 3 is 1.75 bits per heavy atom. The van der Waals surface area contributed by atoms with Gasteiger partial charge in [-0.05, 0) is 0 Å². The van der Waals surface area contributed by atoms with Gasteiger partial charge < -0.3 is 4.74 Å². The van der Waals surface area contributed by atoms with Gasteiger partial charge in [0.25, 0.3) is 0 Å². The molecular formula is C11H15F7O2. The SMILES string of the molecule is CCC(=O)C(C)(C)COCC(F)(F)C(F)(F)C(F)(F)F. The van der Waals surface area contributed by atoms with E-state index in [1.165, 1.54) is 20.8 Å². The molecule has 0 atom stereocenters. The second-order valence-corrected chi connectivity index (χ2v) is 4.93. The first kappa shape index (κ1) is 19.1. The number of halogens is 7. The monoisotopic (exact) mass is 312 g/mol. The molecule has 0 rings (SSSR count). The average Bonchev–Trinajstić information content (AvgIpc) is 2.25. The first-order valence-electron chi connectivity index (χ1n) is 5.62. The first-order valence-corrected chi connectivity index (χ1v) is 5.62. The Balaban J connectivity index is 4.71. The van der Waals surface area contributed by atoms with Crippen LogP contribution in [0.4, 0.5) is 30.7 Å². The third kappa shape index (κ3) is 4.07. The van der Waals surface area contributed by atoms with Gasteiger partial charge in [-0.15, -0.1) is 0 Å². The maximum atomic E-state index is 12.9. The molecule has 0 aromatic carbocycles. The van der Waals surface area contributed by atoms with Crippen LogP contribution in [0.3, 0.4) is 0 Å². The Morgan fingerprint density at radius 2 is 1.40 bits per heavy atom. The minimum absolute atomic E-state index is 0.0610. The molecule has 0 aromatic heterocycles. The maximum Gasteiger partial charge on any atom is 0.459 e. The summed E-state index contributed by atoms with van der Waals surface area (Å²) in [5, 5.41) is 0. The van der Waals surface area contributed by atoms with Crippen molar-refractivity contribution in [3.8, 4) is 0 Å². The largest absolute Gasteiger partial charge is 0.459 e. The third-order valence-electron chi connectivity index (χ3n) is 2.64. The van der Waals surface area contributed by atoms with Crippen molar-refractivity contribution in [3.05, 3.63) is 0 Å². The molecule has 0 saturated carbocycles. The summed E-state index contributed by atoms with van der Waals surface area (Å²) in [6.45, 7) is 1.33. The van der Waals surface area contributed by atoms with E-state index in [4.69, 9.17) is 0 Å². The maximum absolute atomic E-state index is 12.9. The van der Waals surface area contributed by atoms with E-state index in [1.807, 2.05) is 0 Å². The highest BCUT2D eigenvalue weighted by molar-refractivity contribution is 5.83. The molecule has 0 spiro atoms. The molecule has 0 aliphatic heterocycles. The molecule has 0 aromatic rings. The Hall–Kier alpha value is -0.860. The smallest absolute Gasteiger partial charge is 0.374 e. The molecule has 9 heteroatoms. The van der Waals surface area contributed by atoms with Crippen molar-refractivity contribution in [1.29, 1.82) is 0 Å². The fourth-order valence-electron chi connectivity index (χ4n) is 1.29. The lowest BCUT2D eigenvalue weighted by Crippen LogP contribution is -2.54. The van der Waals surface area contributed by atoms with Gasteiger partial charge in [-0.1, -0.05) is 20.8 Å². The van der Waals surface area contributed by atoms with Crippen molar-refractivity contribution >= 4 is 5.78 Å². The summed E-state index contributed by atoms with van der Waals surface area (Å²) in [6.07, 6.45) is -6.32. The van der Waals surface area contributed by atoms with Gasteiger partial charge in [-0.3, -0.25) is 4.79 Å². The van der Waals surface area contributed by atoms with Gasteiger partial charge >= 0.3 is 18.0 Å². The summed E-state index contributed by atoms with van der Waals surface area (Å²) in [5.74, 6) is -12.0. The number of ether oxygens (including phenoxy) is 1. The van der Waals surface area contributed by atoms with Crippen LogP contribution in [0, 0.1) is 5.41 Å². The van der Waals surface area contributed by atoms with Crippen molar-refractivity contribution in [2.75, 3.05) is 13.2 Å². The Kier molecular flexibility index (Phi) is 5.61. The third-order valence-corrected chi connectivity index (χ3v) is 2.64. The number of hydrogen-bond donors (Lipinski definition) is 0. The standard InChI is InChI=1S/C11H15F7O2/c1-4-7(19)8(2,3)5-20-6-9(12,13)10(14,15)11(16,17)18/h4-6H2,1-3H3. The first-order chi connectivity index (χ1) is 8.69. The normalized spacial score (nSPS) is 14.5. The van der Waals surface area contributed by atoms with Gasteiger partial charge in [-0.25, -0.2) is 0 Å². The molecule has 0 unspecified atom stereocenters. The Morgan fingerprint density at radius 1 is 0.950 bits per heavy atom. The Labute approximate surface area is 111 Å². The van der Waals surface area contributed by atoms with E-state index in [1.54, 1.807) is 0 Å². The summed E-state index contributed by atoms with van der Waals surface area (Å²) in [5.41, 5.74) is -1.24. The lowest BCUT2D eigenvalue weighted by molar-refractivity contribution is -0.361. The highest BCUT2D eigenvalue weighted by atomic mass is 19.4. The van der Waals surface area contributed by atoms with E-state index >= 15 is 0 Å². The van der Waals surface area contributed by atoms with E-state index < -0.39 is 36.7 Å². The van der Waals surface area contributed by atoms with E-state index in [2.05, 4.69) is 4.74 Å². The van der Waals surface area contributed by atoms with Crippen LogP contribution in [0.1, 0.15) is 27.2 Å². The molecule has 0 fully saturated rings. The molecule has 20 heavy (non-hydrogen) atoms. The predicted octanol–water partition coefficient (Wildman–Crippen LogP) is 3.84. The number of alkyl halides is 7. The highest BCUT2D eigenvalue weighted by Gasteiger charge is 2.73. The van der Waals surface area contributed by atoms with Crippen LogP contribution in [0.15, 0.2) is 0 Å². The molecule has 0 saturated heterocycles. The van der Waals surface area contributed by atoms with Crippen LogP contribution < -0.4 is 0 Å². The number of ketones is 1. The van der Waals surface area contributed by atoms with Crippen molar-refractivity contribution < 1.29 is 40.3 Å². The predicted molar refractivity (Wildman–Crippen MR) is 55.8 cm³/mol. The molecule has 0 aliphatic carbocycles. The molecule has 0 amide bonds. The number of hydrogen-bond acceptors (Lipinski definition) is 2. The van der Waals surface area contributed by atoms with Gasteiger partial charge in [0.05, 0.1) is 6.61 Å². The molecule has 0 aliphatic rings. The van der Waals surface area contributed by atoms with Crippen LogP contribution in [-0.4, -0.2) is 37.0 Å². The summed E-state index contributed by atoms with van der Waals surface area (Å²) >= 11 is 0. The minimum atomic E-state index is -6.38. The molecule has 2 nitrogen and oxygen atoms in total. The second kappa shape index (κ2) is 5.87. The number of carbonyl (C=O) groups is 1. The van der Waals surface area contributed by atoms with E-state index in [-0.39, 0.29) is 12.2 Å². The van der Waals surface area contributed by atoms with Crippen molar-refractivity contribution in [2.24, 2.45) is 5.41 Å². The lowest BCUT2D eigenvalue weighted by Gasteiger charge is -2.29. The molecule has 0 radical (unpaired) electrons. The zero-order chi connectivity index (χ0) is 16.4. The summed E-state index contributed by atoms with van der Waals surface area (Å²) in [6, 6.07) is 0. The van der Waals surface area contributed by atoms with Crippen LogP contribution in [0.5, 0.6) is 0 Å². The molecular weight excluding hydrogens is 297 g/mol. The van der Waals surface area contributed by atoms with Crippen LogP contribution in [-0.2, 0) is 9.53 Å². The Bertz CT molecular complexity index is 347. The van der Waals surface area contributed by atoms with Crippen LogP contribution >= 0.6 is 0 Å². The zero-order valence-corrected chi connectivity index (χ0v) is 11.1. The topological polar surface area (TPSA) is 26.3 Å². The lowest BCUT2D eigenvalue weighted by atomic mass is 9.88. The van der Waals surface area contributed by atoms with Gasteiger partial charge in [0.2, 0.25) is 0 Å². The summed E-state index contributed by atoms with van der Waals surface area (Å²) in [4.78, 5) is 11.3. The van der Waals surface area contributed by atoms with E-state index in [9.17, 15) is 35.5 Å². The fourth-order valence-corrected chi connectivity index (χ4v) is 1.29. The van der Waals surface area contributed by atoms with Gasteiger partial charge in [0.1, 0.15) is 12.4 Å². The number of Topliss-reactive ketones (excluding diaryl/α,β-unsaturated/α-hetero) is 1. The number of carbonyl (C=O) groups excluding carboxylic acids is 1. The summed E-state index contributed by atoms with van der Waals surface area (Å²) < 4.78 is 90.5. The molecule has 120 valence electrons. The second-order valence-electron chi connectivity index (χ2n) is 4.93. The highest BCUT2D eigenvalue weighted by Crippen LogP contribution is 2.46. The van der Waals surface area contributed by atoms with E-state index in [0.717, 1.165) is 0 Å². The van der Waals surface area contributed by atoms with E-state index in [0.29, 0.717) is 0 Å². The van der Waals surface area contributed by atoms with Crippen molar-refractivity contribution in [1.82, 2.24) is 0 Å². The molecule has 0 heterocycles. The van der Waals surface area contributed by atoms with Crippen LogP contribution in [0.25, 0.3) is 0 Å².